The van der Waals surface area contributed by atoms with Gasteiger partial charge < -0.3 is 9.84 Å². The molecule has 3 saturated carbocycles. The molecule has 0 aromatic heterocycles. The topological polar surface area (TPSA) is 46.5 Å². The second kappa shape index (κ2) is 9.43. The third kappa shape index (κ3) is 4.44. The number of carboxylic acids is 1. The zero-order valence-corrected chi connectivity index (χ0v) is 21.4. The predicted octanol–water partition coefficient (Wildman–Crippen LogP) is 7.50. The molecule has 0 unspecified atom stereocenters. The Balaban J connectivity index is 1.44. The highest BCUT2D eigenvalue weighted by atomic mass is 16.5. The van der Waals surface area contributed by atoms with Gasteiger partial charge in [-0.3, -0.25) is 0 Å². The summed E-state index contributed by atoms with van der Waals surface area (Å²) in [6.45, 7) is 12.3. The first-order chi connectivity index (χ1) is 15.1. The monoisotopic (exact) mass is 444 g/mol. The van der Waals surface area contributed by atoms with Gasteiger partial charge in [-0.1, -0.05) is 65.5 Å². The maximum atomic E-state index is 10.9. The Kier molecular flexibility index (Phi) is 7.16. The summed E-state index contributed by atoms with van der Waals surface area (Å²) >= 11 is 0. The van der Waals surface area contributed by atoms with E-state index in [0.29, 0.717) is 10.8 Å². The van der Waals surface area contributed by atoms with Crippen molar-refractivity contribution in [3.8, 4) is 0 Å². The lowest BCUT2D eigenvalue weighted by Crippen LogP contribution is -2.51. The molecular weight excluding hydrogens is 396 g/mol. The van der Waals surface area contributed by atoms with Gasteiger partial charge in [0.05, 0.1) is 6.10 Å². The molecule has 4 aliphatic rings. The molecule has 1 N–H and O–H groups in total. The summed E-state index contributed by atoms with van der Waals surface area (Å²) in [5.74, 6) is 4.33. The van der Waals surface area contributed by atoms with Crippen LogP contribution in [-0.2, 0) is 9.53 Å². The van der Waals surface area contributed by atoms with Crippen molar-refractivity contribution in [1.29, 1.82) is 0 Å². The van der Waals surface area contributed by atoms with E-state index in [1.54, 1.807) is 5.57 Å². The van der Waals surface area contributed by atoms with Crippen molar-refractivity contribution in [3.05, 3.63) is 11.6 Å². The number of hydrogen-bond donors (Lipinski definition) is 1. The van der Waals surface area contributed by atoms with Gasteiger partial charge in [-0.25, -0.2) is 4.79 Å². The number of rotatable bonds is 8. The third-order valence-corrected chi connectivity index (χ3v) is 10.7. The quantitative estimate of drug-likeness (QED) is 0.394. The van der Waals surface area contributed by atoms with Crippen molar-refractivity contribution >= 4 is 5.97 Å². The van der Waals surface area contributed by atoms with E-state index in [0.717, 1.165) is 48.3 Å². The van der Waals surface area contributed by atoms with E-state index in [2.05, 4.69) is 40.7 Å². The maximum absolute atomic E-state index is 10.9. The Morgan fingerprint density at radius 1 is 1.09 bits per heavy atom. The largest absolute Gasteiger partial charge is 0.480 e. The molecule has 0 aromatic rings. The highest BCUT2D eigenvalue weighted by Crippen LogP contribution is 2.67. The predicted molar refractivity (Wildman–Crippen MR) is 130 cm³/mol. The van der Waals surface area contributed by atoms with Crippen LogP contribution in [0.5, 0.6) is 0 Å². The van der Waals surface area contributed by atoms with Crippen molar-refractivity contribution in [2.45, 2.75) is 111 Å². The van der Waals surface area contributed by atoms with E-state index in [9.17, 15) is 4.79 Å². The van der Waals surface area contributed by atoms with Gasteiger partial charge in [0.2, 0.25) is 0 Å². The summed E-state index contributed by atoms with van der Waals surface area (Å²) in [7, 11) is 0. The molecule has 3 heteroatoms. The first kappa shape index (κ1) is 24.3. The summed E-state index contributed by atoms with van der Waals surface area (Å²) in [5, 5.41) is 8.99. The number of hydrogen-bond acceptors (Lipinski definition) is 2. The Morgan fingerprint density at radius 3 is 2.59 bits per heavy atom. The second-order valence-corrected chi connectivity index (χ2v) is 12.9. The third-order valence-electron chi connectivity index (χ3n) is 10.7. The molecule has 0 spiro atoms. The van der Waals surface area contributed by atoms with Gasteiger partial charge in [0.25, 0.3) is 0 Å². The van der Waals surface area contributed by atoms with Crippen LogP contribution < -0.4 is 0 Å². The van der Waals surface area contributed by atoms with Crippen LogP contribution in [0.1, 0.15) is 105 Å². The minimum Gasteiger partial charge on any atom is -0.480 e. The zero-order valence-electron chi connectivity index (χ0n) is 21.4. The highest BCUT2D eigenvalue weighted by molar-refractivity contribution is 5.68. The standard InChI is InChI=1S/C29H48O3/c1-19(2)7-6-8-20(3)24-11-12-25-23-10-9-21-17-22(32-18-27(30)31)13-15-28(21,4)26(23)14-16-29(24,25)5/h9,19-20,22-26H,6-8,10-18H2,1-5H3,(H,30,31)/t20-,22-,23+,24-,25+,26+,28+,29-/m1/s1. The molecule has 0 heterocycles. The van der Waals surface area contributed by atoms with Crippen molar-refractivity contribution < 1.29 is 14.6 Å². The lowest BCUT2D eigenvalue weighted by molar-refractivity contribution is -0.145. The van der Waals surface area contributed by atoms with Crippen molar-refractivity contribution in [3.63, 3.8) is 0 Å². The molecule has 3 fully saturated rings. The van der Waals surface area contributed by atoms with Crippen LogP contribution in [-0.4, -0.2) is 23.8 Å². The number of ether oxygens (including phenoxy) is 1. The minimum absolute atomic E-state index is 0.0957. The van der Waals surface area contributed by atoms with Crippen LogP contribution >= 0.6 is 0 Å². The number of carbonyl (C=O) groups is 1. The molecule has 0 aliphatic heterocycles. The summed E-state index contributed by atoms with van der Waals surface area (Å²) < 4.78 is 5.71. The fraction of sp³-hybridized carbons (Fsp3) is 0.897. The van der Waals surface area contributed by atoms with Gasteiger partial charge in [0.15, 0.2) is 0 Å². The van der Waals surface area contributed by atoms with E-state index in [1.165, 1.54) is 57.8 Å². The fourth-order valence-electron chi connectivity index (χ4n) is 8.98. The summed E-state index contributed by atoms with van der Waals surface area (Å²) in [5.41, 5.74) is 2.44. The minimum atomic E-state index is -0.850. The van der Waals surface area contributed by atoms with Gasteiger partial charge in [-0.15, -0.1) is 0 Å². The SMILES string of the molecule is CC(C)CCC[C@@H](C)[C@H]1CC[C@H]2[C@@H]3CC=C4C[C@H](OCC(=O)O)CC[C@]4(C)[C@H]3CC[C@]12C. The van der Waals surface area contributed by atoms with Crippen LogP contribution in [0.15, 0.2) is 11.6 Å². The zero-order chi connectivity index (χ0) is 23.1. The second-order valence-electron chi connectivity index (χ2n) is 12.9. The van der Waals surface area contributed by atoms with Gasteiger partial charge in [-0.05, 0) is 97.7 Å². The van der Waals surface area contributed by atoms with E-state index in [4.69, 9.17) is 9.84 Å². The lowest BCUT2D eigenvalue weighted by Gasteiger charge is -2.58. The molecule has 182 valence electrons. The van der Waals surface area contributed by atoms with E-state index in [1.807, 2.05) is 0 Å². The molecule has 4 aliphatic carbocycles. The molecular formula is C29H48O3. The lowest BCUT2D eigenvalue weighted by atomic mass is 9.47. The van der Waals surface area contributed by atoms with Gasteiger partial charge in [-0.2, -0.15) is 0 Å². The van der Waals surface area contributed by atoms with E-state index < -0.39 is 5.97 Å². The first-order valence-electron chi connectivity index (χ1n) is 13.7. The van der Waals surface area contributed by atoms with Crippen LogP contribution in [0, 0.1) is 46.3 Å². The number of aliphatic carboxylic acids is 1. The van der Waals surface area contributed by atoms with Crippen molar-refractivity contribution in [2.24, 2.45) is 46.3 Å². The Bertz CT molecular complexity index is 711. The smallest absolute Gasteiger partial charge is 0.329 e. The number of carboxylic acid groups (broad SMARTS) is 1. The van der Waals surface area contributed by atoms with Crippen molar-refractivity contribution in [2.75, 3.05) is 6.61 Å². The molecule has 0 amide bonds. The number of allylic oxidation sites excluding steroid dienone is 1. The average molecular weight is 445 g/mol. The molecule has 0 bridgehead atoms. The molecule has 4 rings (SSSR count). The Labute approximate surface area is 196 Å². The molecule has 0 aromatic carbocycles. The fourth-order valence-corrected chi connectivity index (χ4v) is 8.98. The van der Waals surface area contributed by atoms with Crippen LogP contribution in [0.2, 0.25) is 0 Å². The first-order valence-corrected chi connectivity index (χ1v) is 13.7. The van der Waals surface area contributed by atoms with Crippen LogP contribution in [0.25, 0.3) is 0 Å². The van der Waals surface area contributed by atoms with Gasteiger partial charge in [0, 0.05) is 0 Å². The normalized spacial score (nSPS) is 42.1. The van der Waals surface area contributed by atoms with Gasteiger partial charge in [0.1, 0.15) is 6.61 Å². The molecule has 0 saturated heterocycles. The average Bonchev–Trinajstić information content (AvgIpc) is 3.09. The van der Waals surface area contributed by atoms with Gasteiger partial charge >= 0.3 is 5.97 Å². The summed E-state index contributed by atoms with van der Waals surface area (Å²) in [6, 6.07) is 0. The van der Waals surface area contributed by atoms with E-state index >= 15 is 0 Å². The summed E-state index contributed by atoms with van der Waals surface area (Å²) in [6.07, 6.45) is 16.9. The van der Waals surface area contributed by atoms with Crippen LogP contribution in [0.4, 0.5) is 0 Å². The maximum Gasteiger partial charge on any atom is 0.329 e. The van der Waals surface area contributed by atoms with Crippen molar-refractivity contribution in [1.82, 2.24) is 0 Å². The molecule has 8 atom stereocenters. The molecule has 0 radical (unpaired) electrons. The molecule has 3 nitrogen and oxygen atoms in total. The summed E-state index contributed by atoms with van der Waals surface area (Å²) in [4.78, 5) is 10.9. The Hall–Kier alpha value is -0.830. The highest BCUT2D eigenvalue weighted by Gasteiger charge is 2.59. The number of fused-ring (bicyclic) bond motifs is 5. The van der Waals surface area contributed by atoms with E-state index in [-0.39, 0.29) is 12.7 Å². The Morgan fingerprint density at radius 2 is 1.88 bits per heavy atom. The van der Waals surface area contributed by atoms with Crippen LogP contribution in [0.3, 0.4) is 0 Å². The molecule has 32 heavy (non-hydrogen) atoms.